The van der Waals surface area contributed by atoms with Gasteiger partial charge in [-0.2, -0.15) is 0 Å². The highest BCUT2D eigenvalue weighted by atomic mass is 16.5. The minimum absolute atomic E-state index is 0.232. The monoisotopic (exact) mass is 405 g/mol. The Balaban J connectivity index is 1.60. The van der Waals surface area contributed by atoms with Gasteiger partial charge in [0.05, 0.1) is 12.2 Å². The van der Waals surface area contributed by atoms with E-state index in [0.717, 1.165) is 23.6 Å². The number of esters is 1. The maximum Gasteiger partial charge on any atom is 0.338 e. The number of fused-ring (bicyclic) bond motifs is 1. The van der Waals surface area contributed by atoms with Gasteiger partial charge in [-0.1, -0.05) is 50.6 Å². The van der Waals surface area contributed by atoms with Crippen molar-refractivity contribution < 1.29 is 19.1 Å². The molecule has 1 N–H and O–H groups in total. The largest absolute Gasteiger partial charge is 0.481 e. The van der Waals surface area contributed by atoms with Gasteiger partial charge in [0.15, 0.2) is 6.10 Å². The van der Waals surface area contributed by atoms with Gasteiger partial charge in [0.2, 0.25) is 0 Å². The quantitative estimate of drug-likeness (QED) is 0.372. The molecule has 1 unspecified atom stereocenters. The van der Waals surface area contributed by atoms with Gasteiger partial charge in [0.25, 0.3) is 5.91 Å². The van der Waals surface area contributed by atoms with Gasteiger partial charge in [-0.05, 0) is 60.0 Å². The number of unbranched alkanes of at least 4 members (excludes halogenated alkanes) is 1. The number of rotatable bonds is 9. The van der Waals surface area contributed by atoms with E-state index in [1.54, 1.807) is 24.3 Å². The Morgan fingerprint density at radius 2 is 1.67 bits per heavy atom. The van der Waals surface area contributed by atoms with Crippen LogP contribution in [0.5, 0.6) is 5.75 Å². The molecule has 1 atom stereocenters. The fourth-order valence-electron chi connectivity index (χ4n) is 3.03. The summed E-state index contributed by atoms with van der Waals surface area (Å²) >= 11 is 0. The van der Waals surface area contributed by atoms with Crippen molar-refractivity contribution >= 4 is 28.3 Å². The molecular formula is C25H27NO4. The third-order valence-corrected chi connectivity index (χ3v) is 4.78. The molecule has 0 heterocycles. The van der Waals surface area contributed by atoms with Crippen molar-refractivity contribution in [1.82, 2.24) is 0 Å². The number of hydrogen-bond acceptors (Lipinski definition) is 4. The average Bonchev–Trinajstić information content (AvgIpc) is 2.77. The molecule has 5 nitrogen and oxygen atoms in total. The molecule has 30 heavy (non-hydrogen) atoms. The number of benzene rings is 3. The average molecular weight is 405 g/mol. The first-order valence-corrected chi connectivity index (χ1v) is 10.3. The Kier molecular flexibility index (Phi) is 7.44. The van der Waals surface area contributed by atoms with Crippen molar-refractivity contribution in [3.63, 3.8) is 0 Å². The van der Waals surface area contributed by atoms with Crippen LogP contribution in [0.25, 0.3) is 10.8 Å². The predicted octanol–water partition coefficient (Wildman–Crippen LogP) is 5.59. The highest BCUT2D eigenvalue weighted by molar-refractivity contribution is 5.95. The topological polar surface area (TPSA) is 64.6 Å². The van der Waals surface area contributed by atoms with Crippen molar-refractivity contribution in [3.05, 3.63) is 72.3 Å². The molecule has 0 bridgehead atoms. The highest BCUT2D eigenvalue weighted by Gasteiger charge is 2.19. The molecule has 0 aliphatic rings. The third-order valence-electron chi connectivity index (χ3n) is 4.78. The molecule has 3 rings (SSSR count). The lowest BCUT2D eigenvalue weighted by atomic mass is 10.1. The van der Waals surface area contributed by atoms with Crippen molar-refractivity contribution in [1.29, 1.82) is 0 Å². The van der Waals surface area contributed by atoms with Crippen LogP contribution in [-0.4, -0.2) is 24.6 Å². The van der Waals surface area contributed by atoms with E-state index in [0.29, 0.717) is 30.0 Å². The van der Waals surface area contributed by atoms with Crippen LogP contribution in [0.2, 0.25) is 0 Å². The summed E-state index contributed by atoms with van der Waals surface area (Å²) in [5.74, 6) is 0.0669. The van der Waals surface area contributed by atoms with Crippen LogP contribution in [0.1, 0.15) is 43.5 Å². The maximum atomic E-state index is 12.7. The molecule has 0 saturated heterocycles. The van der Waals surface area contributed by atoms with E-state index < -0.39 is 6.10 Å². The SMILES string of the molecule is CCCCOC(=O)c1ccc(NC(=O)C(CC)Oc2ccc3ccccc3c2)cc1. The first-order chi connectivity index (χ1) is 14.6. The number of amides is 1. The Hall–Kier alpha value is -3.34. The molecule has 0 aliphatic heterocycles. The van der Waals surface area contributed by atoms with Crippen LogP contribution < -0.4 is 10.1 Å². The number of anilines is 1. The summed E-state index contributed by atoms with van der Waals surface area (Å²) < 4.78 is 11.1. The molecule has 5 heteroatoms. The third kappa shape index (κ3) is 5.60. The Morgan fingerprint density at radius 3 is 2.37 bits per heavy atom. The Labute approximate surface area is 177 Å². The van der Waals surface area contributed by atoms with Crippen LogP contribution in [0.3, 0.4) is 0 Å². The number of hydrogen-bond donors (Lipinski definition) is 1. The normalized spacial score (nSPS) is 11.7. The lowest BCUT2D eigenvalue weighted by molar-refractivity contribution is -0.122. The maximum absolute atomic E-state index is 12.7. The molecule has 3 aromatic rings. The summed E-state index contributed by atoms with van der Waals surface area (Å²) in [6, 6.07) is 20.5. The van der Waals surface area contributed by atoms with Crippen LogP contribution >= 0.6 is 0 Å². The van der Waals surface area contributed by atoms with Gasteiger partial charge in [-0.15, -0.1) is 0 Å². The highest BCUT2D eigenvalue weighted by Crippen LogP contribution is 2.22. The number of nitrogens with one attached hydrogen (secondary N) is 1. The zero-order valence-electron chi connectivity index (χ0n) is 17.4. The van der Waals surface area contributed by atoms with Crippen LogP contribution in [0, 0.1) is 0 Å². The first kappa shape index (κ1) is 21.4. The second-order valence-electron chi connectivity index (χ2n) is 7.08. The summed E-state index contributed by atoms with van der Waals surface area (Å²) in [6.07, 6.45) is 1.72. The van der Waals surface area contributed by atoms with Crippen LogP contribution in [0.4, 0.5) is 5.69 Å². The van der Waals surface area contributed by atoms with E-state index in [-0.39, 0.29) is 11.9 Å². The molecule has 0 aromatic heterocycles. The van der Waals surface area contributed by atoms with Crippen molar-refractivity contribution in [2.24, 2.45) is 0 Å². The number of carbonyl (C=O) groups is 2. The lowest BCUT2D eigenvalue weighted by Gasteiger charge is -2.18. The number of carbonyl (C=O) groups excluding carboxylic acids is 2. The molecule has 0 radical (unpaired) electrons. The van der Waals surface area contributed by atoms with E-state index in [4.69, 9.17) is 9.47 Å². The van der Waals surface area contributed by atoms with Gasteiger partial charge in [-0.3, -0.25) is 4.79 Å². The van der Waals surface area contributed by atoms with Crippen LogP contribution in [-0.2, 0) is 9.53 Å². The van der Waals surface area contributed by atoms with E-state index >= 15 is 0 Å². The first-order valence-electron chi connectivity index (χ1n) is 10.3. The van der Waals surface area contributed by atoms with Crippen molar-refractivity contribution in [2.45, 2.75) is 39.2 Å². The lowest BCUT2D eigenvalue weighted by Crippen LogP contribution is -2.32. The second kappa shape index (κ2) is 10.4. The zero-order chi connectivity index (χ0) is 21.3. The summed E-state index contributed by atoms with van der Waals surface area (Å²) in [7, 11) is 0. The van der Waals surface area contributed by atoms with Gasteiger partial charge < -0.3 is 14.8 Å². The fourth-order valence-corrected chi connectivity index (χ4v) is 3.03. The number of ether oxygens (including phenoxy) is 2. The summed E-state index contributed by atoms with van der Waals surface area (Å²) in [6.45, 7) is 4.36. The fraction of sp³-hybridized carbons (Fsp3) is 0.280. The van der Waals surface area contributed by atoms with E-state index in [1.807, 2.05) is 56.3 Å². The molecule has 0 aliphatic carbocycles. The molecule has 156 valence electrons. The summed E-state index contributed by atoms with van der Waals surface area (Å²) in [5, 5.41) is 5.04. The standard InChI is InChI=1S/C25H27NO4/c1-3-5-16-29-25(28)19-10-13-21(14-11-19)26-24(27)23(4-2)30-22-15-12-18-8-6-7-9-20(18)17-22/h6-15,17,23H,3-5,16H2,1-2H3,(H,26,27). The molecule has 0 fully saturated rings. The zero-order valence-corrected chi connectivity index (χ0v) is 17.4. The summed E-state index contributed by atoms with van der Waals surface area (Å²) in [4.78, 5) is 24.7. The predicted molar refractivity (Wildman–Crippen MR) is 119 cm³/mol. The van der Waals surface area contributed by atoms with Gasteiger partial charge in [-0.25, -0.2) is 4.79 Å². The van der Waals surface area contributed by atoms with E-state index in [2.05, 4.69) is 5.32 Å². The smallest absolute Gasteiger partial charge is 0.338 e. The molecule has 0 spiro atoms. The van der Waals surface area contributed by atoms with E-state index in [9.17, 15) is 9.59 Å². The molecular weight excluding hydrogens is 378 g/mol. The van der Waals surface area contributed by atoms with Crippen LogP contribution in [0.15, 0.2) is 66.7 Å². The second-order valence-corrected chi connectivity index (χ2v) is 7.08. The van der Waals surface area contributed by atoms with E-state index in [1.165, 1.54) is 0 Å². The minimum atomic E-state index is -0.621. The minimum Gasteiger partial charge on any atom is -0.481 e. The summed E-state index contributed by atoms with van der Waals surface area (Å²) in [5.41, 5.74) is 1.06. The molecule has 1 amide bonds. The molecule has 0 saturated carbocycles. The van der Waals surface area contributed by atoms with Crippen molar-refractivity contribution in [3.8, 4) is 5.75 Å². The molecule has 3 aromatic carbocycles. The van der Waals surface area contributed by atoms with Gasteiger partial charge in [0, 0.05) is 5.69 Å². The van der Waals surface area contributed by atoms with Gasteiger partial charge in [0.1, 0.15) is 5.75 Å². The van der Waals surface area contributed by atoms with Gasteiger partial charge >= 0.3 is 5.97 Å². The van der Waals surface area contributed by atoms with Crippen molar-refractivity contribution in [2.75, 3.05) is 11.9 Å². The Bertz CT molecular complexity index is 997. The Morgan fingerprint density at radius 1 is 0.933 bits per heavy atom.